The van der Waals surface area contributed by atoms with Crippen LogP contribution >= 0.6 is 11.3 Å². The molecule has 0 saturated carbocycles. The first kappa shape index (κ1) is 14.0. The maximum Gasteiger partial charge on any atom is 0.0445 e. The second-order valence-corrected chi connectivity index (χ2v) is 6.48. The first-order valence-electron chi connectivity index (χ1n) is 7.23. The van der Waals surface area contributed by atoms with Crippen LogP contribution in [0.25, 0.3) is 0 Å². The van der Waals surface area contributed by atoms with E-state index in [-0.39, 0.29) is 6.61 Å². The number of aliphatic hydroxyl groups is 1. The molecule has 2 atom stereocenters. The molecule has 0 bridgehead atoms. The van der Waals surface area contributed by atoms with Gasteiger partial charge in [0, 0.05) is 28.4 Å². The molecular formula is C15H25NOS. The van der Waals surface area contributed by atoms with Crippen LogP contribution in [0.2, 0.25) is 0 Å². The lowest BCUT2D eigenvalue weighted by Crippen LogP contribution is -2.31. The van der Waals surface area contributed by atoms with E-state index in [1.165, 1.54) is 30.6 Å². The van der Waals surface area contributed by atoms with Crippen LogP contribution in [0, 0.1) is 0 Å². The number of thiophene rings is 1. The van der Waals surface area contributed by atoms with E-state index in [9.17, 15) is 0 Å². The van der Waals surface area contributed by atoms with Gasteiger partial charge in [0.1, 0.15) is 0 Å². The highest BCUT2D eigenvalue weighted by molar-refractivity contribution is 7.12. The van der Waals surface area contributed by atoms with E-state index in [1.54, 1.807) is 10.4 Å². The lowest BCUT2D eigenvalue weighted by Gasteiger charge is -2.20. The SMILES string of the molecule is CCC(CCO)NC(C)c1cc2c(s1)CCCC2. The molecule has 1 aliphatic carbocycles. The summed E-state index contributed by atoms with van der Waals surface area (Å²) in [5.74, 6) is 0. The van der Waals surface area contributed by atoms with Crippen molar-refractivity contribution >= 4 is 11.3 Å². The topological polar surface area (TPSA) is 32.3 Å². The summed E-state index contributed by atoms with van der Waals surface area (Å²) in [4.78, 5) is 3.08. The second kappa shape index (κ2) is 6.69. The third kappa shape index (κ3) is 3.34. The summed E-state index contributed by atoms with van der Waals surface area (Å²) in [6, 6.07) is 3.25. The van der Waals surface area contributed by atoms with Gasteiger partial charge >= 0.3 is 0 Å². The fourth-order valence-corrected chi connectivity index (χ4v) is 3.99. The summed E-state index contributed by atoms with van der Waals surface area (Å²) >= 11 is 1.99. The van der Waals surface area contributed by atoms with Crippen LogP contribution in [0.15, 0.2) is 6.07 Å². The maximum absolute atomic E-state index is 9.05. The van der Waals surface area contributed by atoms with Crippen molar-refractivity contribution in [2.24, 2.45) is 0 Å². The van der Waals surface area contributed by atoms with Gasteiger partial charge in [-0.3, -0.25) is 0 Å². The van der Waals surface area contributed by atoms with Crippen molar-refractivity contribution in [2.75, 3.05) is 6.61 Å². The van der Waals surface area contributed by atoms with Gasteiger partial charge in [-0.2, -0.15) is 0 Å². The van der Waals surface area contributed by atoms with Crippen LogP contribution in [-0.2, 0) is 12.8 Å². The van der Waals surface area contributed by atoms with E-state index in [0.717, 1.165) is 12.8 Å². The standard InChI is InChI=1S/C15H25NOS/c1-3-13(8-9-17)16-11(2)15-10-12-6-4-5-7-14(12)18-15/h10-11,13,16-17H,3-9H2,1-2H3. The Morgan fingerprint density at radius 2 is 2.17 bits per heavy atom. The third-order valence-corrected chi connectivity index (χ3v) is 5.32. The highest BCUT2D eigenvalue weighted by atomic mass is 32.1. The van der Waals surface area contributed by atoms with Crippen molar-refractivity contribution < 1.29 is 5.11 Å². The maximum atomic E-state index is 9.05. The molecule has 18 heavy (non-hydrogen) atoms. The van der Waals surface area contributed by atoms with Crippen molar-refractivity contribution in [1.82, 2.24) is 5.32 Å². The quantitative estimate of drug-likeness (QED) is 0.827. The number of aryl methyl sites for hydroxylation is 2. The zero-order valence-corrected chi connectivity index (χ0v) is 12.4. The van der Waals surface area contributed by atoms with Gasteiger partial charge in [-0.05, 0) is 57.1 Å². The molecule has 3 heteroatoms. The van der Waals surface area contributed by atoms with Crippen molar-refractivity contribution in [3.63, 3.8) is 0 Å². The lowest BCUT2D eigenvalue weighted by molar-refractivity contribution is 0.257. The van der Waals surface area contributed by atoms with Crippen LogP contribution in [0.1, 0.15) is 60.9 Å². The predicted octanol–water partition coefficient (Wildman–Crippen LogP) is 3.44. The van der Waals surface area contributed by atoms with E-state index >= 15 is 0 Å². The molecule has 0 aromatic carbocycles. The Balaban J connectivity index is 1.99. The highest BCUT2D eigenvalue weighted by Gasteiger charge is 2.18. The summed E-state index contributed by atoms with van der Waals surface area (Å²) in [6.07, 6.45) is 7.19. The smallest absolute Gasteiger partial charge is 0.0445 e. The van der Waals surface area contributed by atoms with Gasteiger partial charge < -0.3 is 10.4 Å². The molecule has 2 rings (SSSR count). The minimum atomic E-state index is 0.277. The molecular weight excluding hydrogens is 242 g/mol. The van der Waals surface area contributed by atoms with Gasteiger partial charge in [0.05, 0.1) is 0 Å². The number of rotatable bonds is 6. The monoisotopic (exact) mass is 267 g/mol. The summed E-state index contributed by atoms with van der Waals surface area (Å²) < 4.78 is 0. The van der Waals surface area contributed by atoms with Crippen LogP contribution < -0.4 is 5.32 Å². The molecule has 2 N–H and O–H groups in total. The van der Waals surface area contributed by atoms with Gasteiger partial charge in [-0.15, -0.1) is 11.3 Å². The van der Waals surface area contributed by atoms with Crippen molar-refractivity contribution in [1.29, 1.82) is 0 Å². The molecule has 1 aromatic heterocycles. The third-order valence-electron chi connectivity index (χ3n) is 3.90. The zero-order valence-electron chi connectivity index (χ0n) is 11.5. The fourth-order valence-electron chi connectivity index (χ4n) is 2.72. The number of hydrogen-bond acceptors (Lipinski definition) is 3. The Kier molecular flexibility index (Phi) is 5.22. The molecule has 1 heterocycles. The Labute approximate surface area is 114 Å². The molecule has 102 valence electrons. The molecule has 1 aromatic rings. The first-order valence-corrected chi connectivity index (χ1v) is 8.04. The molecule has 0 radical (unpaired) electrons. The van der Waals surface area contributed by atoms with Crippen molar-refractivity contribution in [3.05, 3.63) is 21.4 Å². The predicted molar refractivity (Wildman–Crippen MR) is 78.3 cm³/mol. The molecule has 0 spiro atoms. The van der Waals surface area contributed by atoms with Crippen LogP contribution in [-0.4, -0.2) is 17.8 Å². The molecule has 2 nitrogen and oxygen atoms in total. The van der Waals surface area contributed by atoms with Crippen molar-refractivity contribution in [2.45, 2.75) is 64.5 Å². The summed E-state index contributed by atoms with van der Waals surface area (Å²) in [5, 5.41) is 12.7. The van der Waals surface area contributed by atoms with Gasteiger partial charge in [0.25, 0.3) is 0 Å². The van der Waals surface area contributed by atoms with Crippen LogP contribution in [0.4, 0.5) is 0 Å². The molecule has 2 unspecified atom stereocenters. The number of hydrogen-bond donors (Lipinski definition) is 2. The average molecular weight is 267 g/mol. The summed E-state index contributed by atoms with van der Waals surface area (Å²) in [6.45, 7) is 4.70. The molecule has 0 amide bonds. The molecule has 0 aliphatic heterocycles. The number of aliphatic hydroxyl groups excluding tert-OH is 1. The molecule has 0 saturated heterocycles. The fraction of sp³-hybridized carbons (Fsp3) is 0.733. The summed E-state index contributed by atoms with van der Waals surface area (Å²) in [5.41, 5.74) is 1.59. The number of fused-ring (bicyclic) bond motifs is 1. The van der Waals surface area contributed by atoms with Gasteiger partial charge in [-0.1, -0.05) is 6.92 Å². The highest BCUT2D eigenvalue weighted by Crippen LogP contribution is 2.33. The van der Waals surface area contributed by atoms with E-state index in [0.29, 0.717) is 12.1 Å². The van der Waals surface area contributed by atoms with E-state index in [4.69, 9.17) is 5.11 Å². The van der Waals surface area contributed by atoms with Crippen LogP contribution in [0.3, 0.4) is 0 Å². The Morgan fingerprint density at radius 3 is 2.83 bits per heavy atom. The van der Waals surface area contributed by atoms with E-state index in [1.807, 2.05) is 11.3 Å². The van der Waals surface area contributed by atoms with E-state index < -0.39 is 0 Å². The first-order chi connectivity index (χ1) is 8.74. The van der Waals surface area contributed by atoms with Gasteiger partial charge in [-0.25, -0.2) is 0 Å². The van der Waals surface area contributed by atoms with Crippen LogP contribution in [0.5, 0.6) is 0 Å². The van der Waals surface area contributed by atoms with Crippen molar-refractivity contribution in [3.8, 4) is 0 Å². The molecule has 1 aliphatic rings. The second-order valence-electron chi connectivity index (χ2n) is 5.31. The average Bonchev–Trinajstić information content (AvgIpc) is 2.82. The Hall–Kier alpha value is -0.380. The zero-order chi connectivity index (χ0) is 13.0. The Morgan fingerprint density at radius 1 is 1.39 bits per heavy atom. The van der Waals surface area contributed by atoms with E-state index in [2.05, 4.69) is 25.2 Å². The van der Waals surface area contributed by atoms with Gasteiger partial charge in [0.15, 0.2) is 0 Å². The van der Waals surface area contributed by atoms with Gasteiger partial charge in [0.2, 0.25) is 0 Å². The molecule has 0 fully saturated rings. The minimum Gasteiger partial charge on any atom is -0.396 e. The number of nitrogens with one attached hydrogen (secondary N) is 1. The Bertz CT molecular complexity index is 351. The minimum absolute atomic E-state index is 0.277. The lowest BCUT2D eigenvalue weighted by atomic mass is 9.99. The summed E-state index contributed by atoms with van der Waals surface area (Å²) in [7, 11) is 0. The largest absolute Gasteiger partial charge is 0.396 e. The normalized spacial score (nSPS) is 18.4.